The highest BCUT2D eigenvalue weighted by Gasteiger charge is 2.15. The third kappa shape index (κ3) is 5.03. The number of unbranched alkanes of at least 4 members (excludes halogenated alkanes) is 1. The van der Waals surface area contributed by atoms with Gasteiger partial charge in [-0.05, 0) is 25.5 Å². The smallest absolute Gasteiger partial charge is 0.288 e. The van der Waals surface area contributed by atoms with E-state index in [1.165, 1.54) is 0 Å². The highest BCUT2D eigenvalue weighted by molar-refractivity contribution is 6.04. The fraction of sp³-hybridized carbons (Fsp3) is 0.400. The average molecular weight is 277 g/mol. The summed E-state index contributed by atoms with van der Waals surface area (Å²) in [6.45, 7) is 4.86. The first-order chi connectivity index (χ1) is 9.70. The van der Waals surface area contributed by atoms with Gasteiger partial charge in [-0.2, -0.15) is 0 Å². The van der Waals surface area contributed by atoms with Gasteiger partial charge in [0.2, 0.25) is 0 Å². The summed E-state index contributed by atoms with van der Waals surface area (Å²) in [5.41, 5.74) is 1.07. The number of hydrogen-bond acceptors (Lipinski definition) is 4. The first-order valence-corrected chi connectivity index (χ1v) is 6.82. The first-order valence-electron chi connectivity index (χ1n) is 6.82. The van der Waals surface area contributed by atoms with Crippen LogP contribution in [0.1, 0.15) is 26.7 Å². The number of anilines is 1. The summed E-state index contributed by atoms with van der Waals surface area (Å²) in [5.74, 6) is 5.54. The fourth-order valence-electron chi connectivity index (χ4n) is 1.58. The Balaban J connectivity index is 2.51. The second-order valence-corrected chi connectivity index (χ2v) is 4.30. The minimum atomic E-state index is -0.294. The molecule has 110 valence electrons. The van der Waals surface area contributed by atoms with E-state index in [1.807, 2.05) is 18.2 Å². The fourth-order valence-corrected chi connectivity index (χ4v) is 1.58. The Kier molecular flexibility index (Phi) is 7.39. The largest absolute Gasteiger partial charge is 0.361 e. The molecule has 1 aromatic carbocycles. The Hall–Kier alpha value is -1.85. The maximum Gasteiger partial charge on any atom is 0.288 e. The van der Waals surface area contributed by atoms with Crippen molar-refractivity contribution in [1.29, 1.82) is 0 Å². The molecule has 0 atom stereocenters. The van der Waals surface area contributed by atoms with Crippen LogP contribution in [0.2, 0.25) is 0 Å². The first kappa shape index (κ1) is 16.2. The lowest BCUT2D eigenvalue weighted by Gasteiger charge is -2.19. The monoisotopic (exact) mass is 277 g/mol. The predicted molar refractivity (Wildman–Crippen MR) is 80.7 cm³/mol. The van der Waals surface area contributed by atoms with Crippen molar-refractivity contribution in [1.82, 2.24) is 5.32 Å². The third-order valence-electron chi connectivity index (χ3n) is 2.78. The van der Waals surface area contributed by atoms with E-state index in [0.717, 1.165) is 17.9 Å². The minimum Gasteiger partial charge on any atom is -0.361 e. The topological polar surface area (TPSA) is 67.6 Å². The number of rotatable bonds is 8. The lowest BCUT2D eigenvalue weighted by atomic mass is 10.3. The van der Waals surface area contributed by atoms with Crippen LogP contribution in [0.5, 0.6) is 0 Å². The van der Waals surface area contributed by atoms with Crippen molar-refractivity contribution >= 4 is 11.6 Å². The summed E-state index contributed by atoms with van der Waals surface area (Å²) in [7, 11) is 0. The Labute approximate surface area is 120 Å². The number of nitrogens with zero attached hydrogens (tertiary/aromatic N) is 1. The molecule has 0 radical (unpaired) electrons. The molecular formula is C15H23N3O2. The van der Waals surface area contributed by atoms with Crippen LogP contribution in [0.4, 0.5) is 5.69 Å². The number of hydrazine groups is 1. The standard InChI is InChI=1S/C15H23N3O2/c1-3-5-11-20-12-17-14(4-2)15(19)18(16)13-9-7-6-8-10-13/h4,6-10,17H,3,5,11-12,16H2,1-2H3/b14-4+. The second kappa shape index (κ2) is 9.12. The Morgan fingerprint density at radius 3 is 2.70 bits per heavy atom. The van der Waals surface area contributed by atoms with Gasteiger partial charge in [0, 0.05) is 6.61 Å². The number of allylic oxidation sites excluding steroid dienone is 1. The van der Waals surface area contributed by atoms with Gasteiger partial charge in [-0.15, -0.1) is 0 Å². The number of nitrogens with two attached hydrogens (primary N) is 1. The number of carbonyl (C=O) groups is 1. The summed E-state index contributed by atoms with van der Waals surface area (Å²) in [6, 6.07) is 9.10. The quantitative estimate of drug-likeness (QED) is 0.191. The lowest BCUT2D eigenvalue weighted by molar-refractivity contribution is -0.115. The molecule has 1 amide bonds. The van der Waals surface area contributed by atoms with E-state index in [0.29, 0.717) is 24.7 Å². The number of hydrogen-bond donors (Lipinski definition) is 2. The average Bonchev–Trinajstić information content (AvgIpc) is 2.50. The van der Waals surface area contributed by atoms with Gasteiger partial charge in [0.25, 0.3) is 5.91 Å². The van der Waals surface area contributed by atoms with Crippen LogP contribution >= 0.6 is 0 Å². The number of ether oxygens (including phenoxy) is 1. The maximum absolute atomic E-state index is 12.2. The number of nitrogens with one attached hydrogen (secondary N) is 1. The molecule has 0 heterocycles. The Morgan fingerprint density at radius 2 is 2.10 bits per heavy atom. The van der Waals surface area contributed by atoms with Crippen molar-refractivity contribution < 1.29 is 9.53 Å². The number of carbonyl (C=O) groups excluding carboxylic acids is 1. The molecule has 1 rings (SSSR count). The van der Waals surface area contributed by atoms with Crippen LogP contribution in [-0.2, 0) is 9.53 Å². The van der Waals surface area contributed by atoms with Crippen LogP contribution in [0.3, 0.4) is 0 Å². The Bertz CT molecular complexity index is 432. The van der Waals surface area contributed by atoms with Crippen molar-refractivity contribution in [3.8, 4) is 0 Å². The predicted octanol–water partition coefficient (Wildman–Crippen LogP) is 2.16. The summed E-state index contributed by atoms with van der Waals surface area (Å²) < 4.78 is 5.38. The molecule has 0 saturated carbocycles. The zero-order chi connectivity index (χ0) is 14.8. The zero-order valence-corrected chi connectivity index (χ0v) is 12.1. The van der Waals surface area contributed by atoms with Gasteiger partial charge >= 0.3 is 0 Å². The molecule has 3 N–H and O–H groups in total. The number of benzene rings is 1. The molecule has 0 unspecified atom stereocenters. The molecular weight excluding hydrogens is 254 g/mol. The van der Waals surface area contributed by atoms with E-state index in [1.54, 1.807) is 25.1 Å². The van der Waals surface area contributed by atoms with Crippen molar-refractivity contribution in [3.63, 3.8) is 0 Å². The van der Waals surface area contributed by atoms with Crippen LogP contribution in [0, 0.1) is 0 Å². The van der Waals surface area contributed by atoms with E-state index >= 15 is 0 Å². The molecule has 0 spiro atoms. The highest BCUT2D eigenvalue weighted by Crippen LogP contribution is 2.11. The summed E-state index contributed by atoms with van der Waals surface area (Å²) in [6.07, 6.45) is 3.78. The van der Waals surface area contributed by atoms with E-state index in [9.17, 15) is 4.79 Å². The highest BCUT2D eigenvalue weighted by atomic mass is 16.5. The molecule has 0 aliphatic heterocycles. The van der Waals surface area contributed by atoms with Gasteiger partial charge in [0.1, 0.15) is 6.73 Å². The van der Waals surface area contributed by atoms with E-state index in [-0.39, 0.29) is 5.91 Å². The van der Waals surface area contributed by atoms with Gasteiger partial charge in [0.15, 0.2) is 0 Å². The number of amides is 1. The Morgan fingerprint density at radius 1 is 1.40 bits per heavy atom. The van der Waals surface area contributed by atoms with Gasteiger partial charge in [-0.25, -0.2) is 10.9 Å². The van der Waals surface area contributed by atoms with E-state index < -0.39 is 0 Å². The molecule has 0 aromatic heterocycles. The molecule has 0 aliphatic rings. The van der Waals surface area contributed by atoms with Gasteiger partial charge in [-0.1, -0.05) is 37.6 Å². The van der Waals surface area contributed by atoms with Crippen LogP contribution in [0.15, 0.2) is 42.1 Å². The van der Waals surface area contributed by atoms with Gasteiger partial charge < -0.3 is 10.1 Å². The maximum atomic E-state index is 12.2. The molecule has 5 heteroatoms. The summed E-state index contributed by atoms with van der Waals surface area (Å²) in [4.78, 5) is 12.2. The molecule has 0 bridgehead atoms. The molecule has 0 saturated heterocycles. The van der Waals surface area contributed by atoms with Crippen LogP contribution < -0.4 is 16.2 Å². The molecule has 0 fully saturated rings. The van der Waals surface area contributed by atoms with Crippen molar-refractivity contribution in [2.24, 2.45) is 5.84 Å². The SMILES string of the molecule is C/C=C(/NCOCCCC)C(=O)N(N)c1ccccc1. The summed E-state index contributed by atoms with van der Waals surface area (Å²) >= 11 is 0. The molecule has 5 nitrogen and oxygen atoms in total. The van der Waals surface area contributed by atoms with Gasteiger partial charge in [-0.3, -0.25) is 4.79 Å². The number of para-hydroxylation sites is 1. The van der Waals surface area contributed by atoms with Crippen molar-refractivity contribution in [2.75, 3.05) is 18.3 Å². The van der Waals surface area contributed by atoms with Crippen molar-refractivity contribution in [3.05, 3.63) is 42.1 Å². The lowest BCUT2D eigenvalue weighted by Crippen LogP contribution is -2.42. The van der Waals surface area contributed by atoms with Crippen LogP contribution in [-0.4, -0.2) is 19.2 Å². The minimum absolute atomic E-state index is 0.294. The van der Waals surface area contributed by atoms with E-state index in [4.69, 9.17) is 10.6 Å². The molecule has 0 aliphatic carbocycles. The third-order valence-corrected chi connectivity index (χ3v) is 2.78. The van der Waals surface area contributed by atoms with Crippen LogP contribution in [0.25, 0.3) is 0 Å². The summed E-state index contributed by atoms with van der Waals surface area (Å²) in [5, 5.41) is 4.07. The molecule has 1 aromatic rings. The second-order valence-electron chi connectivity index (χ2n) is 4.30. The van der Waals surface area contributed by atoms with Crippen molar-refractivity contribution in [2.45, 2.75) is 26.7 Å². The normalized spacial score (nSPS) is 11.2. The van der Waals surface area contributed by atoms with E-state index in [2.05, 4.69) is 12.2 Å². The van der Waals surface area contributed by atoms with Gasteiger partial charge in [0.05, 0.1) is 11.4 Å². The zero-order valence-electron chi connectivity index (χ0n) is 12.1. The molecule has 20 heavy (non-hydrogen) atoms.